The standard InChI is InChI=1S/C12H8.2C10H8.4C8H8.C6H6.2C4H6.6C2H6.10C2H4.7Y/c1-3-7-11(8-4-1)12-9-5-2-6-10-12;2*1-2-6-10-8-4-3-7-9(10)5-1;4*1-2-8-6-4-3-5-7-8;1-2-4-6-5-3-1;2*1-3-4-2;16*1-2;;;;;;;/h1-7,9H;2*1-8H;4*3-6H,1-2H2;1-6H;2*1,3H,2,4H2;6*1-2H3;10*1-2H2;;;;;;;/q-2;;;4*-2;;2*-2;;;;;;;;;;;;;;;;;;;;;;;. The van der Waals surface area contributed by atoms with Gasteiger partial charge in [0.05, 0.1) is 0 Å². The van der Waals surface area contributed by atoms with Crippen LogP contribution in [0.1, 0.15) is 118 Å². The van der Waals surface area contributed by atoms with Crippen molar-refractivity contribution < 1.29 is 229 Å². The van der Waals surface area contributed by atoms with E-state index >= 15 is 0 Å². The summed E-state index contributed by atoms with van der Waals surface area (Å²) >= 11 is 0. The van der Waals surface area contributed by atoms with Gasteiger partial charge >= 0.3 is 0 Å². The molecule has 0 aliphatic carbocycles. The zero-order valence-electron chi connectivity index (χ0n) is 75.5. The summed E-state index contributed by atoms with van der Waals surface area (Å²) in [4.78, 5) is 0. The number of rotatable bonds is 7. The number of benzene rings is 11. The summed E-state index contributed by atoms with van der Waals surface area (Å²) in [6.45, 7) is 115. The van der Waals surface area contributed by atoms with Crippen LogP contribution in [0.3, 0.4) is 0 Å². The largest absolute Gasteiger partial charge is 0.520 e. The average Bonchev–Trinajstić information content (AvgIpc) is 0.887. The van der Waals surface area contributed by atoms with Crippen LogP contribution >= 0.6 is 0 Å². The molecule has 0 nitrogen and oxygen atoms in total. The second kappa shape index (κ2) is 187. The third kappa shape index (κ3) is 136. The second-order valence-corrected chi connectivity index (χ2v) is 16.0. The summed E-state index contributed by atoms with van der Waals surface area (Å²) < 4.78 is 0. The molecule has 11 aromatic carbocycles. The van der Waals surface area contributed by atoms with Gasteiger partial charge in [0.1, 0.15) is 0 Å². The maximum absolute atomic E-state index is 4.84. The van der Waals surface area contributed by atoms with E-state index in [1.165, 1.54) is 56.0 Å². The van der Waals surface area contributed by atoms with E-state index < -0.39 is 0 Å². The van der Waals surface area contributed by atoms with E-state index in [1.54, 1.807) is 0 Å². The number of hydrogen-bond donors (Lipinski definition) is 0. The van der Waals surface area contributed by atoms with Crippen molar-refractivity contribution in [2.24, 2.45) is 0 Å². The van der Waals surface area contributed by atoms with Gasteiger partial charge in [-0.15, -0.1) is 144 Å². The van der Waals surface area contributed by atoms with Crippen molar-refractivity contribution in [2.45, 2.75) is 122 Å². The number of allylic oxidation sites excluding steroid dienone is 2. The molecule has 117 heavy (non-hydrogen) atoms. The molecule has 625 valence electrons. The van der Waals surface area contributed by atoms with Crippen molar-refractivity contribution in [1.29, 1.82) is 0 Å². The van der Waals surface area contributed by atoms with Gasteiger partial charge < -0.3 is 66.9 Å². The molecule has 0 unspecified atom stereocenters. The first-order chi connectivity index (χ1) is 54.5. The molecule has 11 aromatic rings. The molecule has 0 atom stereocenters. The van der Waals surface area contributed by atoms with Crippen molar-refractivity contribution in [2.75, 3.05) is 0 Å². The van der Waals surface area contributed by atoms with Gasteiger partial charge in [-0.3, -0.25) is 0 Å². The Hall–Kier alpha value is -3.45. The topological polar surface area (TPSA) is 0 Å². The Bertz CT molecular complexity index is 2760. The van der Waals surface area contributed by atoms with E-state index in [4.69, 9.17) is 13.2 Å². The molecule has 0 amide bonds. The molecule has 0 saturated carbocycles. The Morgan fingerprint density at radius 3 is 0.410 bits per heavy atom. The zero-order chi connectivity index (χ0) is 88.2. The van der Waals surface area contributed by atoms with Crippen molar-refractivity contribution in [1.82, 2.24) is 0 Å². The third-order valence-electron chi connectivity index (χ3n) is 10.2. The molecule has 0 N–H and O–H groups in total. The van der Waals surface area contributed by atoms with Gasteiger partial charge in [-0.25, -0.2) is 11.1 Å². The molecule has 0 aromatic heterocycles. The second-order valence-electron chi connectivity index (χ2n) is 16.0. The fourth-order valence-electron chi connectivity index (χ4n) is 6.12. The van der Waals surface area contributed by atoms with Gasteiger partial charge in [-0.2, -0.15) is 231 Å². The minimum absolute atomic E-state index is 0. The summed E-state index contributed by atoms with van der Waals surface area (Å²) in [7, 11) is 0. The van der Waals surface area contributed by atoms with Crippen LogP contribution in [0.15, 0.2) is 423 Å². The SMILES string of the molecule is C=C.C=C.C=C.C=C.C=C.C=C.C=C.C=C.C=C.C=C.CC.CC.CC.CC.CC.CC.[CH-]=CC[CH2-].[CH-]=CC[CH2-].[CH2-]Cc1[c-]cccc1.[CH2-]Cc1[c-]cccc1.[CH2-]Cc1[c-]cccc1.[CH2-]Cc1[c-]cccc1.[Y].[Y].[Y].[Y].[Y].[Y].[Y].[c-]1ccccc1-c1[c-]cccc1.c1ccc2ccccc2c1.c1ccc2ccccc2c1.c1ccccc1. The number of fused-ring (bicyclic) bond motifs is 2. The fraction of sp³-hybridized carbons (Fsp3) is 0.164. The van der Waals surface area contributed by atoms with Crippen LogP contribution in [0.5, 0.6) is 0 Å². The first-order valence-corrected chi connectivity index (χ1v) is 36.9. The molecule has 0 spiro atoms. The van der Waals surface area contributed by atoms with Crippen molar-refractivity contribution in [3.05, 3.63) is 536 Å². The zero-order valence-corrected chi connectivity index (χ0v) is 95.4. The van der Waals surface area contributed by atoms with E-state index in [1.807, 2.05) is 265 Å². The van der Waals surface area contributed by atoms with Crippen LogP contribution in [0.2, 0.25) is 0 Å². The summed E-state index contributed by atoms with van der Waals surface area (Å²) in [5.74, 6) is 0. The molecule has 0 saturated heterocycles. The van der Waals surface area contributed by atoms with Crippen LogP contribution in [0, 0.1) is 91.1 Å². The van der Waals surface area contributed by atoms with E-state index in [9.17, 15) is 0 Å². The molecule has 11 rings (SSSR count). The van der Waals surface area contributed by atoms with Gasteiger partial charge in [0.15, 0.2) is 0 Å². The minimum Gasteiger partial charge on any atom is -0.520 e. The smallest absolute Gasteiger partial charge is 0 e. The minimum atomic E-state index is 0. The van der Waals surface area contributed by atoms with Gasteiger partial charge in [-0.05, 0) is 21.5 Å². The van der Waals surface area contributed by atoms with Gasteiger partial charge in [-0.1, -0.05) is 217 Å². The molecule has 0 aliphatic heterocycles. The molecular weight excluding hydrogens is 1940 g/mol. The maximum Gasteiger partial charge on any atom is 0 e. The normalized spacial score (nSPS) is 6.68. The Morgan fingerprint density at radius 1 is 0.205 bits per heavy atom. The van der Waals surface area contributed by atoms with Crippen molar-refractivity contribution in [3.8, 4) is 11.1 Å². The Balaban J connectivity index is -0.0000000413. The van der Waals surface area contributed by atoms with Crippen LogP contribution in [-0.2, 0) is 255 Å². The van der Waals surface area contributed by atoms with Crippen LogP contribution in [0.4, 0.5) is 0 Å². The summed E-state index contributed by atoms with van der Waals surface area (Å²) in [6, 6.07) is 111. The monoisotopic (exact) mass is 2090 g/mol. The van der Waals surface area contributed by atoms with E-state index in [2.05, 4.69) is 307 Å². The maximum atomic E-state index is 4.84. The first kappa shape index (κ1) is 172. The number of hydrogen-bond acceptors (Lipinski definition) is 0. The molecular formula is C110H150Y7-14. The molecule has 7 radical (unpaired) electrons. The van der Waals surface area contributed by atoms with Crippen molar-refractivity contribution in [3.63, 3.8) is 0 Å². The quantitative estimate of drug-likeness (QED) is 0.110. The van der Waals surface area contributed by atoms with E-state index in [0.29, 0.717) is 0 Å². The average molecular weight is 2090 g/mol. The Labute approximate surface area is 905 Å². The van der Waals surface area contributed by atoms with Gasteiger partial charge in [0.25, 0.3) is 0 Å². The Kier molecular flexibility index (Phi) is 274. The van der Waals surface area contributed by atoms with E-state index in [0.717, 1.165) is 49.7 Å². The third-order valence-corrected chi connectivity index (χ3v) is 10.2. The summed E-state index contributed by atoms with van der Waals surface area (Å²) in [5.41, 5.74) is 6.89. The van der Waals surface area contributed by atoms with Crippen LogP contribution in [-0.4, -0.2) is 0 Å². The van der Waals surface area contributed by atoms with Crippen molar-refractivity contribution >= 4 is 21.5 Å². The molecule has 0 heterocycles. The predicted molar refractivity (Wildman–Crippen MR) is 520 cm³/mol. The first-order valence-electron chi connectivity index (χ1n) is 36.9. The fourth-order valence-corrected chi connectivity index (χ4v) is 6.12. The molecule has 0 aliphatic rings. The molecule has 0 bridgehead atoms. The van der Waals surface area contributed by atoms with E-state index in [-0.39, 0.29) is 229 Å². The summed E-state index contributed by atoms with van der Waals surface area (Å²) in [5, 5.41) is 5.24. The Morgan fingerprint density at radius 2 is 0.325 bits per heavy atom. The van der Waals surface area contributed by atoms with Crippen LogP contribution in [0.25, 0.3) is 32.7 Å². The predicted octanol–water partition coefficient (Wildman–Crippen LogP) is 34.3. The molecule has 7 heteroatoms. The summed E-state index contributed by atoms with van der Waals surface area (Å²) in [6.07, 6.45) is 7.81. The molecule has 0 fully saturated rings. The van der Waals surface area contributed by atoms with Crippen LogP contribution < -0.4 is 0 Å². The van der Waals surface area contributed by atoms with Gasteiger partial charge in [0.2, 0.25) is 0 Å². The van der Waals surface area contributed by atoms with Gasteiger partial charge in [0, 0.05) is 229 Å².